The van der Waals surface area contributed by atoms with Gasteiger partial charge >= 0.3 is 12.1 Å². The number of carbonyl (C=O) groups excluding carboxylic acids is 4. The fourth-order valence-corrected chi connectivity index (χ4v) is 4.75. The number of ether oxygens (including phenoxy) is 1. The van der Waals surface area contributed by atoms with Crippen molar-refractivity contribution in [1.82, 2.24) is 16.0 Å². The van der Waals surface area contributed by atoms with Gasteiger partial charge in [-0.1, -0.05) is 85.0 Å². The van der Waals surface area contributed by atoms with Crippen LogP contribution in [0.15, 0.2) is 72.8 Å². The van der Waals surface area contributed by atoms with Crippen LogP contribution in [0.25, 0.3) is 0 Å². The Kier molecular flexibility index (Phi) is 13.2. The molecule has 16 heteroatoms. The molecule has 0 heterocycles. The number of alkyl halides is 5. The standard InChI is InChI=1S/C32H29Cl3F5N3O5/c1-17(2)26(28(45)32(39,40)30(47)41-16-31(36,37)38)43-29(46)27(18-6-4-3-5-7-18)42-25(44)15-24(19-8-13-22(34)23(35)14-19)48-21-11-9-20(33)10-12-21/h3-14,17,24,26-27H,15-16H2,1-2H3,(H,41,47)(H,42,44)(H,43,46)/t24?,26-,27?/m0/s1. The number of hydrogen-bond donors (Lipinski definition) is 3. The van der Waals surface area contributed by atoms with Gasteiger partial charge in [0.05, 0.1) is 22.5 Å². The zero-order valence-electron chi connectivity index (χ0n) is 25.2. The summed E-state index contributed by atoms with van der Waals surface area (Å²) in [7, 11) is 0. The molecular weight excluding hydrogens is 708 g/mol. The largest absolute Gasteiger partial charge is 0.485 e. The van der Waals surface area contributed by atoms with E-state index in [0.29, 0.717) is 16.3 Å². The lowest BCUT2D eigenvalue weighted by molar-refractivity contribution is -0.165. The Morgan fingerprint density at radius 2 is 1.42 bits per heavy atom. The zero-order valence-corrected chi connectivity index (χ0v) is 27.5. The molecule has 3 N–H and O–H groups in total. The number of ketones is 1. The summed E-state index contributed by atoms with van der Waals surface area (Å²) in [6, 6.07) is 14.8. The molecule has 0 bridgehead atoms. The second-order valence-corrected chi connectivity index (χ2v) is 12.1. The maximum absolute atomic E-state index is 14.8. The van der Waals surface area contributed by atoms with Gasteiger partial charge in [-0.05, 0) is 53.4 Å². The van der Waals surface area contributed by atoms with E-state index in [2.05, 4.69) is 10.6 Å². The Hall–Kier alpha value is -3.94. The number of Topliss-reactive ketones (excluding diaryl/α,β-unsaturated/α-hetero) is 1. The van der Waals surface area contributed by atoms with E-state index in [1.54, 1.807) is 36.4 Å². The Bertz CT molecular complexity index is 1610. The van der Waals surface area contributed by atoms with Crippen molar-refractivity contribution in [2.75, 3.05) is 6.54 Å². The van der Waals surface area contributed by atoms with E-state index in [9.17, 15) is 41.1 Å². The van der Waals surface area contributed by atoms with Crippen LogP contribution in [0.5, 0.6) is 5.75 Å². The predicted octanol–water partition coefficient (Wildman–Crippen LogP) is 7.04. The van der Waals surface area contributed by atoms with Gasteiger partial charge in [-0.2, -0.15) is 22.0 Å². The molecule has 0 radical (unpaired) electrons. The highest BCUT2D eigenvalue weighted by molar-refractivity contribution is 6.42. The average molecular weight is 737 g/mol. The molecule has 3 atom stereocenters. The Labute approximate surface area is 287 Å². The van der Waals surface area contributed by atoms with Gasteiger partial charge in [0.25, 0.3) is 5.91 Å². The fraction of sp³-hybridized carbons (Fsp3) is 0.312. The molecule has 0 fully saturated rings. The smallest absolute Gasteiger partial charge is 0.405 e. The van der Waals surface area contributed by atoms with E-state index in [-0.39, 0.29) is 15.6 Å². The number of carbonyl (C=O) groups is 4. The molecule has 3 aromatic rings. The molecular formula is C32H29Cl3F5N3O5. The van der Waals surface area contributed by atoms with E-state index in [4.69, 9.17) is 39.5 Å². The monoisotopic (exact) mass is 735 g/mol. The minimum Gasteiger partial charge on any atom is -0.485 e. The number of rotatable bonds is 14. The number of hydrogen-bond acceptors (Lipinski definition) is 5. The minimum absolute atomic E-state index is 0.175. The van der Waals surface area contributed by atoms with Crippen molar-refractivity contribution >= 4 is 58.3 Å². The first kappa shape index (κ1) is 38.5. The van der Waals surface area contributed by atoms with Gasteiger partial charge in [-0.15, -0.1) is 0 Å². The highest BCUT2D eigenvalue weighted by Gasteiger charge is 2.52. The lowest BCUT2D eigenvalue weighted by Crippen LogP contribution is -2.58. The van der Waals surface area contributed by atoms with Crippen LogP contribution in [-0.2, 0) is 19.2 Å². The number of benzene rings is 3. The number of nitrogens with one attached hydrogen (secondary N) is 3. The van der Waals surface area contributed by atoms with Crippen molar-refractivity contribution in [3.8, 4) is 5.75 Å². The van der Waals surface area contributed by atoms with Crippen LogP contribution in [0.1, 0.15) is 43.5 Å². The topological polar surface area (TPSA) is 114 Å². The molecule has 3 rings (SSSR count). The van der Waals surface area contributed by atoms with E-state index in [1.807, 2.05) is 0 Å². The summed E-state index contributed by atoms with van der Waals surface area (Å²) in [5.74, 6) is -12.1. The van der Waals surface area contributed by atoms with Crippen molar-refractivity contribution < 1.29 is 45.9 Å². The third-order valence-corrected chi connectivity index (χ3v) is 7.76. The molecule has 0 aliphatic heterocycles. The second-order valence-electron chi connectivity index (χ2n) is 10.8. The summed E-state index contributed by atoms with van der Waals surface area (Å²) in [6.45, 7) is 0.456. The maximum atomic E-state index is 14.8. The van der Waals surface area contributed by atoms with Gasteiger partial charge in [-0.3, -0.25) is 19.2 Å². The quantitative estimate of drug-likeness (QED) is 0.122. The average Bonchev–Trinajstić information content (AvgIpc) is 3.02. The minimum atomic E-state index is -5.01. The van der Waals surface area contributed by atoms with Crippen LogP contribution in [0.2, 0.25) is 15.1 Å². The van der Waals surface area contributed by atoms with Gasteiger partial charge in [0, 0.05) is 5.02 Å². The first-order valence-corrected chi connectivity index (χ1v) is 15.3. The summed E-state index contributed by atoms with van der Waals surface area (Å²) in [5, 5.41) is 6.49. The van der Waals surface area contributed by atoms with Crippen LogP contribution in [0, 0.1) is 5.92 Å². The fourth-order valence-electron chi connectivity index (χ4n) is 4.32. The van der Waals surface area contributed by atoms with E-state index in [1.165, 1.54) is 50.2 Å². The highest BCUT2D eigenvalue weighted by Crippen LogP contribution is 2.31. The molecule has 0 saturated heterocycles. The molecule has 258 valence electrons. The molecule has 48 heavy (non-hydrogen) atoms. The summed E-state index contributed by atoms with van der Waals surface area (Å²) in [5.41, 5.74) is 0.629. The molecule has 3 amide bonds. The summed E-state index contributed by atoms with van der Waals surface area (Å²) >= 11 is 18.2. The van der Waals surface area contributed by atoms with Crippen molar-refractivity contribution in [2.45, 2.75) is 50.6 Å². The summed E-state index contributed by atoms with van der Waals surface area (Å²) in [4.78, 5) is 51.7. The van der Waals surface area contributed by atoms with Gasteiger partial charge in [0.15, 0.2) is 0 Å². The molecule has 0 spiro atoms. The van der Waals surface area contributed by atoms with Crippen molar-refractivity contribution in [1.29, 1.82) is 0 Å². The van der Waals surface area contributed by atoms with Gasteiger partial charge in [-0.25, -0.2) is 0 Å². The first-order chi connectivity index (χ1) is 22.4. The van der Waals surface area contributed by atoms with Crippen molar-refractivity contribution in [3.05, 3.63) is 99.0 Å². The third kappa shape index (κ3) is 10.8. The first-order valence-electron chi connectivity index (χ1n) is 14.2. The Morgan fingerprint density at radius 1 is 0.792 bits per heavy atom. The molecule has 0 aliphatic carbocycles. The SMILES string of the molecule is CC(C)[C@H](NC(=O)C(NC(=O)CC(Oc1ccc(Cl)cc1)c1ccc(Cl)c(Cl)c1)c1ccccc1)C(=O)C(F)(F)C(=O)NCC(F)(F)F. The van der Waals surface area contributed by atoms with E-state index >= 15 is 0 Å². The lowest BCUT2D eigenvalue weighted by Gasteiger charge is -2.28. The molecule has 0 saturated carbocycles. The molecule has 8 nitrogen and oxygen atoms in total. The predicted molar refractivity (Wildman–Crippen MR) is 169 cm³/mol. The van der Waals surface area contributed by atoms with Crippen LogP contribution in [-0.4, -0.2) is 48.2 Å². The summed E-state index contributed by atoms with van der Waals surface area (Å²) < 4.78 is 73.0. The number of amides is 3. The van der Waals surface area contributed by atoms with Gasteiger partial charge in [0.2, 0.25) is 17.6 Å². The lowest BCUT2D eigenvalue weighted by atomic mass is 9.94. The van der Waals surface area contributed by atoms with Crippen LogP contribution < -0.4 is 20.7 Å². The Balaban J connectivity index is 1.87. The normalized spacial score (nSPS) is 13.6. The summed E-state index contributed by atoms with van der Waals surface area (Å²) in [6.07, 6.45) is -6.40. The Morgan fingerprint density at radius 3 is 1.98 bits per heavy atom. The van der Waals surface area contributed by atoms with Crippen molar-refractivity contribution in [2.24, 2.45) is 5.92 Å². The van der Waals surface area contributed by atoms with Crippen LogP contribution in [0.4, 0.5) is 22.0 Å². The van der Waals surface area contributed by atoms with Crippen LogP contribution in [0.3, 0.4) is 0 Å². The second kappa shape index (κ2) is 16.4. The van der Waals surface area contributed by atoms with Gasteiger partial charge in [0.1, 0.15) is 24.4 Å². The maximum Gasteiger partial charge on any atom is 0.405 e. The third-order valence-electron chi connectivity index (χ3n) is 6.77. The molecule has 0 aliphatic rings. The zero-order chi connectivity index (χ0) is 35.8. The molecule has 3 aromatic carbocycles. The van der Waals surface area contributed by atoms with Crippen LogP contribution >= 0.6 is 34.8 Å². The highest BCUT2D eigenvalue weighted by atomic mass is 35.5. The van der Waals surface area contributed by atoms with E-state index in [0.717, 1.165) is 5.32 Å². The molecule has 0 aromatic heterocycles. The molecule has 2 unspecified atom stereocenters. The van der Waals surface area contributed by atoms with E-state index < -0.39 is 72.7 Å². The van der Waals surface area contributed by atoms with Gasteiger partial charge < -0.3 is 20.7 Å². The van der Waals surface area contributed by atoms with Crippen molar-refractivity contribution in [3.63, 3.8) is 0 Å². The number of halogens is 8.